The van der Waals surface area contributed by atoms with Gasteiger partial charge in [0, 0.05) is 6.42 Å². The van der Waals surface area contributed by atoms with E-state index >= 15 is 0 Å². The lowest BCUT2D eigenvalue weighted by Gasteiger charge is -2.24. The molecule has 0 radical (unpaired) electrons. The molecular weight excluding hydrogens is 839 g/mol. The Morgan fingerprint density at radius 2 is 0.750 bits per heavy atom. The van der Waals surface area contributed by atoms with Gasteiger partial charge in [-0.1, -0.05) is 289 Å². The van der Waals surface area contributed by atoms with Crippen LogP contribution in [0.5, 0.6) is 0 Å². The second-order valence-electron chi connectivity index (χ2n) is 21.1. The van der Waals surface area contributed by atoms with Gasteiger partial charge in [-0.3, -0.25) is 9.59 Å². The summed E-state index contributed by atoms with van der Waals surface area (Å²) in [6, 6.07) is -0.703. The topological polar surface area (TPSA) is 95.9 Å². The summed E-state index contributed by atoms with van der Waals surface area (Å²) in [5, 5.41) is 23.9. The number of hydrogen-bond acceptors (Lipinski definition) is 5. The Morgan fingerprint density at radius 1 is 0.426 bits per heavy atom. The van der Waals surface area contributed by atoms with Crippen molar-refractivity contribution in [1.29, 1.82) is 0 Å². The van der Waals surface area contributed by atoms with E-state index in [-0.39, 0.29) is 24.9 Å². The zero-order chi connectivity index (χ0) is 49.5. The van der Waals surface area contributed by atoms with Crippen LogP contribution in [0.25, 0.3) is 0 Å². The molecule has 6 nitrogen and oxygen atoms in total. The highest BCUT2D eigenvalue weighted by molar-refractivity contribution is 5.77. The second kappa shape index (κ2) is 56.3. The van der Waals surface area contributed by atoms with Crippen LogP contribution >= 0.6 is 0 Å². The summed E-state index contributed by atoms with van der Waals surface area (Å²) in [6.45, 7) is 6.51. The zero-order valence-electron chi connectivity index (χ0n) is 46.0. The number of aliphatic hydroxyl groups is 2. The van der Waals surface area contributed by atoms with Gasteiger partial charge in [0.15, 0.2) is 0 Å². The summed E-state index contributed by atoms with van der Waals surface area (Å²) in [5.41, 5.74) is 0. The summed E-state index contributed by atoms with van der Waals surface area (Å²) in [7, 11) is 0. The molecule has 3 N–H and O–H groups in total. The average Bonchev–Trinajstić information content (AvgIpc) is 3.33. The number of ether oxygens (including phenoxy) is 1. The molecule has 0 aromatic carbocycles. The van der Waals surface area contributed by atoms with Crippen LogP contribution < -0.4 is 5.32 Å². The highest BCUT2D eigenvalue weighted by Crippen LogP contribution is 2.19. The molecule has 0 saturated heterocycles. The molecule has 0 bridgehead atoms. The summed E-state index contributed by atoms with van der Waals surface area (Å²) in [4.78, 5) is 26.3. The lowest BCUT2D eigenvalue weighted by Crippen LogP contribution is -2.46. The molecule has 0 aliphatic heterocycles. The van der Waals surface area contributed by atoms with Crippen LogP contribution in [0, 0.1) is 0 Å². The van der Waals surface area contributed by atoms with Crippen molar-refractivity contribution < 1.29 is 24.5 Å². The van der Waals surface area contributed by atoms with Gasteiger partial charge in [-0.15, -0.1) is 0 Å². The average molecular weight is 959 g/mol. The maximum absolute atomic E-state index is 13.3. The Morgan fingerprint density at radius 3 is 1.15 bits per heavy atom. The van der Waals surface area contributed by atoms with Gasteiger partial charge in [0.1, 0.15) is 6.10 Å². The van der Waals surface area contributed by atoms with Crippen LogP contribution in [0.15, 0.2) is 24.3 Å². The number of nitrogens with one attached hydrogen (secondary N) is 1. The quantitative estimate of drug-likeness (QED) is 0.0321. The summed E-state index contributed by atoms with van der Waals surface area (Å²) in [6.07, 6.45) is 66.8. The third-order valence-corrected chi connectivity index (χ3v) is 14.3. The number of hydrogen-bond donors (Lipinski definition) is 3. The maximum atomic E-state index is 13.3. The molecule has 68 heavy (non-hydrogen) atoms. The molecule has 402 valence electrons. The van der Waals surface area contributed by atoms with Crippen LogP contribution in [0.3, 0.4) is 0 Å². The third-order valence-electron chi connectivity index (χ3n) is 14.3. The Balaban J connectivity index is 4.50. The Hall–Kier alpha value is -1.66. The molecule has 0 aliphatic rings. The Labute approximate surface area is 424 Å². The van der Waals surface area contributed by atoms with E-state index in [1.165, 1.54) is 225 Å². The van der Waals surface area contributed by atoms with Gasteiger partial charge in [-0.2, -0.15) is 0 Å². The number of aliphatic hydroxyl groups excluding tert-OH is 2. The van der Waals surface area contributed by atoms with Gasteiger partial charge in [0.25, 0.3) is 0 Å². The van der Waals surface area contributed by atoms with Gasteiger partial charge in [0.2, 0.25) is 5.91 Å². The van der Waals surface area contributed by atoms with Gasteiger partial charge in [0.05, 0.1) is 25.2 Å². The van der Waals surface area contributed by atoms with Crippen LogP contribution in [0.1, 0.15) is 335 Å². The molecule has 0 spiro atoms. The number of carbonyl (C=O) groups is 2. The molecule has 3 unspecified atom stereocenters. The van der Waals surface area contributed by atoms with Crippen molar-refractivity contribution in [2.45, 2.75) is 354 Å². The number of rotatable bonds is 56. The van der Waals surface area contributed by atoms with E-state index in [4.69, 9.17) is 4.74 Å². The van der Waals surface area contributed by atoms with Crippen molar-refractivity contribution in [2.75, 3.05) is 6.61 Å². The molecule has 0 heterocycles. The fourth-order valence-electron chi connectivity index (χ4n) is 9.64. The zero-order valence-corrected chi connectivity index (χ0v) is 46.0. The molecule has 6 heteroatoms. The highest BCUT2D eigenvalue weighted by atomic mass is 16.5. The molecule has 0 aliphatic carbocycles. The van der Waals surface area contributed by atoms with Gasteiger partial charge in [-0.05, 0) is 57.8 Å². The van der Waals surface area contributed by atoms with Crippen molar-refractivity contribution in [3.8, 4) is 0 Å². The molecule has 0 aromatic rings. The highest BCUT2D eigenvalue weighted by Gasteiger charge is 2.24. The predicted octanol–water partition coefficient (Wildman–Crippen LogP) is 19.0. The number of amides is 1. The smallest absolute Gasteiger partial charge is 0.306 e. The van der Waals surface area contributed by atoms with Crippen molar-refractivity contribution in [1.82, 2.24) is 5.32 Å². The Kier molecular flexibility index (Phi) is 54.9. The van der Waals surface area contributed by atoms with Gasteiger partial charge < -0.3 is 20.3 Å². The monoisotopic (exact) mass is 958 g/mol. The van der Waals surface area contributed by atoms with E-state index in [0.29, 0.717) is 19.3 Å². The second-order valence-corrected chi connectivity index (χ2v) is 21.1. The van der Waals surface area contributed by atoms with Crippen molar-refractivity contribution in [3.63, 3.8) is 0 Å². The normalized spacial score (nSPS) is 13.2. The predicted molar refractivity (Wildman–Crippen MR) is 296 cm³/mol. The van der Waals surface area contributed by atoms with Gasteiger partial charge >= 0.3 is 5.97 Å². The fraction of sp³-hybridized carbons (Fsp3) is 0.903. The molecule has 1 amide bonds. The summed E-state index contributed by atoms with van der Waals surface area (Å²) >= 11 is 0. The van der Waals surface area contributed by atoms with Crippen LogP contribution in [-0.2, 0) is 14.3 Å². The van der Waals surface area contributed by atoms with Crippen LogP contribution in [-0.4, -0.2) is 46.9 Å². The molecule has 3 atom stereocenters. The van der Waals surface area contributed by atoms with E-state index in [0.717, 1.165) is 64.2 Å². The van der Waals surface area contributed by atoms with E-state index in [2.05, 4.69) is 50.4 Å². The third kappa shape index (κ3) is 50.7. The summed E-state index contributed by atoms with van der Waals surface area (Å²) in [5.74, 6) is -0.465. The molecule has 0 saturated carbocycles. The summed E-state index contributed by atoms with van der Waals surface area (Å²) < 4.78 is 5.97. The standard InChI is InChI=1S/C62H119NO5/c1-4-7-10-13-16-19-22-25-28-30-31-34-37-40-43-46-49-52-55-62(67)68-58(53-50-47-44-41-38-35-32-27-24-21-18-15-12-9-6-3)56-61(66)63-59(57-64)60(65)54-51-48-45-42-39-36-33-29-26-23-20-17-14-11-8-5-2/h18,21,27,32,58-60,64-65H,4-17,19-20,22-26,28-31,33-57H2,1-3H3,(H,63,66)/b21-18-,32-27-. The van der Waals surface area contributed by atoms with Gasteiger partial charge in [-0.25, -0.2) is 0 Å². The van der Waals surface area contributed by atoms with Crippen molar-refractivity contribution in [3.05, 3.63) is 24.3 Å². The van der Waals surface area contributed by atoms with Crippen molar-refractivity contribution in [2.24, 2.45) is 0 Å². The lowest BCUT2D eigenvalue weighted by molar-refractivity contribution is -0.151. The SMILES string of the molecule is CCCCC/C=C\C/C=C\CCCCCCCC(CC(=O)NC(CO)C(O)CCCCCCCCCCCCCCCCCC)OC(=O)CCCCCCCCCCCCCCCCCCCC. The Bertz CT molecular complexity index is 1080. The number of unbranched alkanes of at least 4 members (excludes halogenated alkanes) is 40. The molecule has 0 rings (SSSR count). The number of carbonyl (C=O) groups excluding carboxylic acids is 2. The minimum Gasteiger partial charge on any atom is -0.462 e. The molecule has 0 aromatic heterocycles. The first-order valence-corrected chi connectivity index (χ1v) is 30.6. The minimum atomic E-state index is -0.789. The van der Waals surface area contributed by atoms with Crippen LogP contribution in [0.2, 0.25) is 0 Å². The fourth-order valence-corrected chi connectivity index (χ4v) is 9.64. The van der Waals surface area contributed by atoms with E-state index in [1.807, 2.05) is 0 Å². The largest absolute Gasteiger partial charge is 0.462 e. The maximum Gasteiger partial charge on any atom is 0.306 e. The van der Waals surface area contributed by atoms with Crippen molar-refractivity contribution >= 4 is 11.9 Å². The number of allylic oxidation sites excluding steroid dienone is 4. The number of esters is 1. The first-order chi connectivity index (χ1) is 33.5. The molecule has 0 fully saturated rings. The van der Waals surface area contributed by atoms with E-state index in [1.54, 1.807) is 0 Å². The first-order valence-electron chi connectivity index (χ1n) is 30.6. The minimum absolute atomic E-state index is 0.0744. The lowest BCUT2D eigenvalue weighted by atomic mass is 10.0. The van der Waals surface area contributed by atoms with E-state index in [9.17, 15) is 19.8 Å². The first kappa shape index (κ1) is 66.3. The van der Waals surface area contributed by atoms with E-state index < -0.39 is 18.2 Å². The molecular formula is C62H119NO5. The van der Waals surface area contributed by atoms with Crippen LogP contribution in [0.4, 0.5) is 0 Å².